The minimum atomic E-state index is -4.14. The maximum atomic E-state index is 10.0. The molecule has 0 N–H and O–H groups in total. The van der Waals surface area contributed by atoms with Gasteiger partial charge in [-0.05, 0) is 19.3 Å². The number of rotatable bonds is 6. The molecule has 0 rings (SSSR count). The van der Waals surface area contributed by atoms with E-state index in [0.29, 0.717) is 12.8 Å². The normalized spacial score (nSPS) is 9.79. The summed E-state index contributed by atoms with van der Waals surface area (Å²) in [6, 6.07) is 0. The zero-order chi connectivity index (χ0) is 9.61. The van der Waals surface area contributed by atoms with Gasteiger partial charge in [0, 0.05) is 11.7 Å². The van der Waals surface area contributed by atoms with Crippen LogP contribution in [0.25, 0.3) is 0 Å². The van der Waals surface area contributed by atoms with E-state index in [0.717, 1.165) is 0 Å². The molecule has 0 saturated heterocycles. The molecule has 0 aromatic carbocycles. The van der Waals surface area contributed by atoms with Gasteiger partial charge in [0.2, 0.25) is 0 Å². The van der Waals surface area contributed by atoms with Crippen molar-refractivity contribution in [2.24, 2.45) is 0 Å². The molecule has 0 aromatic heterocycles. The molecule has 0 amide bonds. The number of aliphatic carboxylic acids is 1. The fourth-order valence-corrected chi connectivity index (χ4v) is 1.28. The van der Waals surface area contributed by atoms with E-state index in [1.165, 1.54) is 0 Å². The van der Waals surface area contributed by atoms with Crippen LogP contribution >= 0.6 is 0 Å². The minimum absolute atomic E-state index is 0. The van der Waals surface area contributed by atoms with Gasteiger partial charge in [0.05, 0.1) is 10.1 Å². The van der Waals surface area contributed by atoms with Gasteiger partial charge in [-0.2, -0.15) is 0 Å². The number of carbonyl (C=O) groups excluding carboxylic acids is 1. The molecule has 0 radical (unpaired) electrons. The quantitative estimate of drug-likeness (QED) is 0.261. The zero-order valence-corrected chi connectivity index (χ0v) is 13.3. The van der Waals surface area contributed by atoms with Crippen molar-refractivity contribution < 1.29 is 82.0 Å². The average Bonchev–Trinajstić information content (AvgIpc) is 1.83. The Labute approximate surface area is 128 Å². The topological polar surface area (TPSA) is 97.3 Å². The summed E-state index contributed by atoms with van der Waals surface area (Å²) in [5, 5.41) is 9.87. The zero-order valence-electron chi connectivity index (χ0n) is 8.49. The molecule has 0 heterocycles. The third-order valence-corrected chi connectivity index (χ3v) is 2.06. The third kappa shape index (κ3) is 19.0. The predicted molar refractivity (Wildman–Crippen MR) is 38.0 cm³/mol. The van der Waals surface area contributed by atoms with Crippen LogP contribution in [0.1, 0.15) is 25.7 Å². The van der Waals surface area contributed by atoms with Crippen molar-refractivity contribution >= 4 is 16.1 Å². The van der Waals surface area contributed by atoms with Gasteiger partial charge in [0.15, 0.2) is 0 Å². The van der Waals surface area contributed by atoms with Crippen molar-refractivity contribution in [1.29, 1.82) is 0 Å². The van der Waals surface area contributed by atoms with Gasteiger partial charge >= 0.3 is 59.1 Å². The van der Waals surface area contributed by atoms with Crippen molar-refractivity contribution in [3.8, 4) is 0 Å². The van der Waals surface area contributed by atoms with Gasteiger partial charge in [0.1, 0.15) is 0 Å². The molecule has 0 aliphatic heterocycles. The fourth-order valence-electron chi connectivity index (χ4n) is 0.725. The van der Waals surface area contributed by atoms with Crippen LogP contribution in [0.5, 0.6) is 0 Å². The van der Waals surface area contributed by atoms with E-state index < -0.39 is 21.8 Å². The molecule has 0 aliphatic carbocycles. The summed E-state index contributed by atoms with van der Waals surface area (Å²) in [7, 11) is -4.14. The van der Waals surface area contributed by atoms with Crippen LogP contribution < -0.4 is 64.2 Å². The van der Waals surface area contributed by atoms with Gasteiger partial charge in [-0.3, -0.25) is 0 Å². The number of hydrogen-bond acceptors (Lipinski definition) is 5. The second-order valence-electron chi connectivity index (χ2n) is 2.44. The fraction of sp³-hybridized carbons (Fsp3) is 0.833. The smallest absolute Gasteiger partial charge is 0.748 e. The summed E-state index contributed by atoms with van der Waals surface area (Å²) >= 11 is 0. The SMILES string of the molecule is O=C([O-])CCCCCS(=O)(=O)[O-].[Na+].[Na+]. The number of hydrogen-bond donors (Lipinski definition) is 0. The van der Waals surface area contributed by atoms with Crippen LogP contribution in [0.3, 0.4) is 0 Å². The van der Waals surface area contributed by atoms with Crippen LogP contribution in [-0.2, 0) is 14.9 Å². The molecule has 0 fully saturated rings. The summed E-state index contributed by atoms with van der Waals surface area (Å²) in [6.45, 7) is 0. The Morgan fingerprint density at radius 1 is 1.07 bits per heavy atom. The van der Waals surface area contributed by atoms with Crippen LogP contribution in [0.2, 0.25) is 0 Å². The van der Waals surface area contributed by atoms with E-state index in [1.54, 1.807) is 0 Å². The number of unbranched alkanes of at least 4 members (excludes halogenated alkanes) is 2. The Balaban J connectivity index is -0.000000605. The Bertz CT molecular complexity index is 239. The molecular weight excluding hydrogens is 230 g/mol. The molecular formula is C6H10Na2O5S. The Morgan fingerprint density at radius 3 is 1.93 bits per heavy atom. The molecule has 0 bridgehead atoms. The first-order valence-electron chi connectivity index (χ1n) is 3.55. The van der Waals surface area contributed by atoms with Gasteiger partial charge in [-0.1, -0.05) is 6.42 Å². The van der Waals surface area contributed by atoms with E-state index >= 15 is 0 Å². The van der Waals surface area contributed by atoms with Crippen LogP contribution in [-0.4, -0.2) is 24.7 Å². The van der Waals surface area contributed by atoms with Crippen LogP contribution in [0.15, 0.2) is 0 Å². The maximum absolute atomic E-state index is 10.0. The van der Waals surface area contributed by atoms with Gasteiger partial charge in [0.25, 0.3) is 0 Å². The predicted octanol–water partition coefficient (Wildman–Crippen LogP) is -7.15. The van der Waals surface area contributed by atoms with Gasteiger partial charge < -0.3 is 14.5 Å². The Morgan fingerprint density at radius 2 is 1.57 bits per heavy atom. The molecule has 0 aliphatic rings. The molecule has 0 spiro atoms. The average molecular weight is 240 g/mol. The molecule has 14 heavy (non-hydrogen) atoms. The van der Waals surface area contributed by atoms with Crippen molar-refractivity contribution in [1.82, 2.24) is 0 Å². The number of carbonyl (C=O) groups is 1. The van der Waals surface area contributed by atoms with Crippen LogP contribution in [0.4, 0.5) is 0 Å². The largest absolute Gasteiger partial charge is 1.00 e. The molecule has 0 aromatic rings. The molecule has 8 heteroatoms. The second kappa shape index (κ2) is 10.9. The number of carboxylic acid groups (broad SMARTS) is 1. The Hall–Kier alpha value is 1.38. The standard InChI is InChI=1S/C6H12O5S.2Na/c7-6(8)4-2-1-3-5-12(9,10)11;;/h1-5H2,(H,7,8)(H,9,10,11);;/q;2*+1/p-2. The third-order valence-electron chi connectivity index (χ3n) is 1.28. The maximum Gasteiger partial charge on any atom is 1.00 e. The molecule has 5 nitrogen and oxygen atoms in total. The summed E-state index contributed by atoms with van der Waals surface area (Å²) in [6.07, 6.45) is 0.922. The summed E-state index contributed by atoms with van der Waals surface area (Å²) in [4.78, 5) is 9.87. The van der Waals surface area contributed by atoms with Gasteiger partial charge in [-0.15, -0.1) is 0 Å². The summed E-state index contributed by atoms with van der Waals surface area (Å²) in [5.41, 5.74) is 0. The monoisotopic (exact) mass is 240 g/mol. The van der Waals surface area contributed by atoms with E-state index in [-0.39, 0.29) is 72.0 Å². The van der Waals surface area contributed by atoms with E-state index in [4.69, 9.17) is 0 Å². The first kappa shape index (κ1) is 20.8. The van der Waals surface area contributed by atoms with Crippen LogP contribution in [0, 0.1) is 0 Å². The molecule has 72 valence electrons. The van der Waals surface area contributed by atoms with E-state index in [9.17, 15) is 22.9 Å². The molecule has 0 saturated carbocycles. The molecule has 0 atom stereocenters. The number of carboxylic acids is 1. The molecule has 0 unspecified atom stereocenters. The van der Waals surface area contributed by atoms with E-state index in [2.05, 4.69) is 0 Å². The van der Waals surface area contributed by atoms with Crippen molar-refractivity contribution in [2.75, 3.05) is 5.75 Å². The minimum Gasteiger partial charge on any atom is -0.748 e. The summed E-state index contributed by atoms with van der Waals surface area (Å²) < 4.78 is 30.1. The first-order valence-corrected chi connectivity index (χ1v) is 5.13. The first-order chi connectivity index (χ1) is 5.42. The van der Waals surface area contributed by atoms with Crippen molar-refractivity contribution in [3.63, 3.8) is 0 Å². The van der Waals surface area contributed by atoms with Gasteiger partial charge in [-0.25, -0.2) is 8.42 Å². The van der Waals surface area contributed by atoms with Crippen molar-refractivity contribution in [3.05, 3.63) is 0 Å². The van der Waals surface area contributed by atoms with E-state index in [1.807, 2.05) is 0 Å². The second-order valence-corrected chi connectivity index (χ2v) is 3.97. The Kier molecular flexibility index (Phi) is 16.1. The van der Waals surface area contributed by atoms with Crippen molar-refractivity contribution in [2.45, 2.75) is 25.7 Å². The summed E-state index contributed by atoms with van der Waals surface area (Å²) in [5.74, 6) is -1.57.